The number of nitrogens with zero attached hydrogens (tertiary/aromatic N) is 2. The average molecular weight is 411 g/mol. The minimum absolute atomic E-state index is 0.0234. The molecule has 0 aromatic heterocycles. The van der Waals surface area contributed by atoms with E-state index in [9.17, 15) is 18.0 Å². The summed E-state index contributed by atoms with van der Waals surface area (Å²) in [7, 11) is -3.60. The Morgan fingerprint density at radius 2 is 1.71 bits per heavy atom. The lowest BCUT2D eigenvalue weighted by Gasteiger charge is -2.34. The van der Waals surface area contributed by atoms with Crippen molar-refractivity contribution in [2.24, 2.45) is 0 Å². The van der Waals surface area contributed by atoms with Gasteiger partial charge in [-0.1, -0.05) is 24.3 Å². The van der Waals surface area contributed by atoms with Crippen LogP contribution in [-0.2, 0) is 37.3 Å². The highest BCUT2D eigenvalue weighted by molar-refractivity contribution is 7.89. The summed E-state index contributed by atoms with van der Waals surface area (Å²) in [6, 6.07) is 6.45. The Kier molecular flexibility index (Phi) is 7.22. The molecule has 0 N–H and O–H groups in total. The zero-order valence-corrected chi connectivity index (χ0v) is 18.0. The molecule has 1 aliphatic rings. The minimum atomic E-state index is -3.60. The van der Waals surface area contributed by atoms with Gasteiger partial charge in [0, 0.05) is 25.0 Å². The monoisotopic (exact) mass is 410 g/mol. The van der Waals surface area contributed by atoms with E-state index in [1.807, 2.05) is 52.0 Å². The highest BCUT2D eigenvalue weighted by atomic mass is 32.2. The molecule has 0 aliphatic carbocycles. The first-order valence-electron chi connectivity index (χ1n) is 9.62. The standard InChI is InChI=1S/C20H30N2O5S/c1-6-28(25,26)21-12-17-10-8-7-9-16(17)11-18(21)20(24)27-13-19(23)22(14(2)3)15(4)5/h7-10,14-15,18H,6,11-13H2,1-5H3/t18-/m0/s1. The molecule has 1 heterocycles. The third-order valence-corrected chi connectivity index (χ3v) is 6.77. The van der Waals surface area contributed by atoms with Crippen LogP contribution in [0.5, 0.6) is 0 Å². The van der Waals surface area contributed by atoms with Crippen molar-refractivity contribution in [2.45, 2.75) is 65.7 Å². The predicted molar refractivity (Wildman–Crippen MR) is 107 cm³/mol. The summed E-state index contributed by atoms with van der Waals surface area (Å²) in [6.07, 6.45) is 0.237. The van der Waals surface area contributed by atoms with E-state index >= 15 is 0 Å². The number of hydrogen-bond acceptors (Lipinski definition) is 5. The maximum absolute atomic E-state index is 12.7. The van der Waals surface area contributed by atoms with Crippen LogP contribution in [0.2, 0.25) is 0 Å². The van der Waals surface area contributed by atoms with Gasteiger partial charge in [-0.25, -0.2) is 8.42 Å². The van der Waals surface area contributed by atoms with Gasteiger partial charge in [0.15, 0.2) is 6.61 Å². The Bertz CT molecular complexity index is 812. The largest absolute Gasteiger partial charge is 0.454 e. The summed E-state index contributed by atoms with van der Waals surface area (Å²) in [4.78, 5) is 26.9. The number of carbonyl (C=O) groups excluding carboxylic acids is 2. The molecule has 0 bridgehead atoms. The Balaban J connectivity index is 2.18. The molecule has 0 fully saturated rings. The first-order chi connectivity index (χ1) is 13.1. The van der Waals surface area contributed by atoms with E-state index in [1.54, 1.807) is 11.8 Å². The quantitative estimate of drug-likeness (QED) is 0.642. The number of rotatable bonds is 7. The molecular weight excluding hydrogens is 380 g/mol. The van der Waals surface area contributed by atoms with Crippen LogP contribution in [0.1, 0.15) is 45.7 Å². The fourth-order valence-electron chi connectivity index (χ4n) is 3.63. The summed E-state index contributed by atoms with van der Waals surface area (Å²) >= 11 is 0. The molecule has 7 nitrogen and oxygen atoms in total. The van der Waals surface area contributed by atoms with Crippen LogP contribution in [0.4, 0.5) is 0 Å². The van der Waals surface area contributed by atoms with Gasteiger partial charge < -0.3 is 9.64 Å². The Morgan fingerprint density at radius 3 is 2.25 bits per heavy atom. The van der Waals surface area contributed by atoms with Crippen LogP contribution in [0.3, 0.4) is 0 Å². The molecule has 0 radical (unpaired) electrons. The lowest BCUT2D eigenvalue weighted by atomic mass is 9.96. The molecule has 0 saturated carbocycles. The van der Waals surface area contributed by atoms with E-state index < -0.39 is 28.6 Å². The third kappa shape index (κ3) is 4.91. The number of benzene rings is 1. The van der Waals surface area contributed by atoms with Gasteiger partial charge in [0.05, 0.1) is 5.75 Å². The molecule has 1 aromatic carbocycles. The number of esters is 1. The molecule has 1 amide bonds. The van der Waals surface area contributed by atoms with E-state index in [1.165, 1.54) is 4.31 Å². The fourth-order valence-corrected chi connectivity index (χ4v) is 4.85. The number of ether oxygens (including phenoxy) is 1. The van der Waals surface area contributed by atoms with E-state index in [2.05, 4.69) is 0 Å². The number of amides is 1. The van der Waals surface area contributed by atoms with Crippen LogP contribution >= 0.6 is 0 Å². The molecule has 8 heteroatoms. The van der Waals surface area contributed by atoms with Gasteiger partial charge >= 0.3 is 5.97 Å². The SMILES string of the molecule is CCS(=O)(=O)N1Cc2ccccc2C[C@H]1C(=O)OCC(=O)N(C(C)C)C(C)C. The van der Waals surface area contributed by atoms with Gasteiger partial charge in [0.1, 0.15) is 6.04 Å². The van der Waals surface area contributed by atoms with E-state index in [0.29, 0.717) is 0 Å². The van der Waals surface area contributed by atoms with Gasteiger partial charge in [-0.2, -0.15) is 4.31 Å². The summed E-state index contributed by atoms with van der Waals surface area (Å²) in [5.41, 5.74) is 1.80. The van der Waals surface area contributed by atoms with Crippen LogP contribution in [0, 0.1) is 0 Å². The summed E-state index contributed by atoms with van der Waals surface area (Å²) in [5.74, 6) is -1.08. The second-order valence-electron chi connectivity index (χ2n) is 7.53. The van der Waals surface area contributed by atoms with Gasteiger partial charge in [-0.05, 0) is 45.7 Å². The van der Waals surface area contributed by atoms with E-state index in [4.69, 9.17) is 4.74 Å². The highest BCUT2D eigenvalue weighted by Gasteiger charge is 2.39. The Labute approximate surface area is 167 Å². The second kappa shape index (κ2) is 9.05. The summed E-state index contributed by atoms with van der Waals surface area (Å²) in [5, 5.41) is 0. The number of hydrogen-bond donors (Lipinski definition) is 0. The van der Waals surface area contributed by atoms with Crippen molar-refractivity contribution >= 4 is 21.9 Å². The zero-order chi connectivity index (χ0) is 21.1. The molecular formula is C20H30N2O5S. The molecule has 1 aromatic rings. The van der Waals surface area contributed by atoms with E-state index in [0.717, 1.165) is 11.1 Å². The van der Waals surface area contributed by atoms with Crippen LogP contribution in [0.15, 0.2) is 24.3 Å². The molecule has 28 heavy (non-hydrogen) atoms. The van der Waals surface area contributed by atoms with E-state index in [-0.39, 0.29) is 36.7 Å². The Hall–Kier alpha value is -1.93. The smallest absolute Gasteiger partial charge is 0.325 e. The van der Waals surface area contributed by atoms with Crippen molar-refractivity contribution in [3.63, 3.8) is 0 Å². The zero-order valence-electron chi connectivity index (χ0n) is 17.2. The molecule has 156 valence electrons. The van der Waals surface area contributed by atoms with Crippen molar-refractivity contribution in [1.82, 2.24) is 9.21 Å². The van der Waals surface area contributed by atoms with Gasteiger partial charge in [-0.15, -0.1) is 0 Å². The average Bonchev–Trinajstić information content (AvgIpc) is 2.64. The van der Waals surface area contributed by atoms with Gasteiger partial charge in [0.25, 0.3) is 5.91 Å². The van der Waals surface area contributed by atoms with Crippen LogP contribution in [-0.4, -0.2) is 60.0 Å². The van der Waals surface area contributed by atoms with Crippen molar-refractivity contribution < 1.29 is 22.7 Å². The molecule has 0 unspecified atom stereocenters. The third-order valence-electron chi connectivity index (χ3n) is 4.94. The lowest BCUT2D eigenvalue weighted by molar-refractivity contribution is -0.157. The lowest BCUT2D eigenvalue weighted by Crippen LogP contribution is -2.50. The molecule has 0 saturated heterocycles. The van der Waals surface area contributed by atoms with Crippen molar-refractivity contribution in [1.29, 1.82) is 0 Å². The Morgan fingerprint density at radius 1 is 1.14 bits per heavy atom. The van der Waals surface area contributed by atoms with Crippen molar-refractivity contribution in [3.05, 3.63) is 35.4 Å². The van der Waals surface area contributed by atoms with Crippen LogP contribution < -0.4 is 0 Å². The van der Waals surface area contributed by atoms with Gasteiger partial charge in [-0.3, -0.25) is 9.59 Å². The molecule has 0 spiro atoms. The van der Waals surface area contributed by atoms with Crippen molar-refractivity contribution in [2.75, 3.05) is 12.4 Å². The first-order valence-corrected chi connectivity index (χ1v) is 11.2. The normalized spacial score (nSPS) is 17.5. The number of fused-ring (bicyclic) bond motifs is 1. The van der Waals surface area contributed by atoms with Crippen LogP contribution in [0.25, 0.3) is 0 Å². The topological polar surface area (TPSA) is 84.0 Å². The van der Waals surface area contributed by atoms with Gasteiger partial charge in [0.2, 0.25) is 10.0 Å². The molecule has 2 rings (SSSR count). The fraction of sp³-hybridized carbons (Fsp3) is 0.600. The highest BCUT2D eigenvalue weighted by Crippen LogP contribution is 2.26. The molecule has 1 aliphatic heterocycles. The maximum atomic E-state index is 12.7. The summed E-state index contributed by atoms with van der Waals surface area (Å²) in [6.45, 7) is 8.86. The maximum Gasteiger partial charge on any atom is 0.325 e. The summed E-state index contributed by atoms with van der Waals surface area (Å²) < 4.78 is 31.6. The number of sulfonamides is 1. The molecule has 1 atom stereocenters. The second-order valence-corrected chi connectivity index (χ2v) is 9.74. The predicted octanol–water partition coefficient (Wildman–Crippen LogP) is 1.95. The van der Waals surface area contributed by atoms with Crippen molar-refractivity contribution in [3.8, 4) is 0 Å². The minimum Gasteiger partial charge on any atom is -0.454 e. The number of carbonyl (C=O) groups is 2. The first kappa shape index (κ1) is 22.4.